The lowest BCUT2D eigenvalue weighted by Gasteiger charge is -2.25. The van der Waals surface area contributed by atoms with Crippen LogP contribution in [0.5, 0.6) is 0 Å². The number of aryl methyl sites for hydroxylation is 3. The van der Waals surface area contributed by atoms with Gasteiger partial charge in [0.25, 0.3) is 0 Å². The largest absolute Gasteiger partial charge is 0.333 e. The summed E-state index contributed by atoms with van der Waals surface area (Å²) in [6, 6.07) is 14.4. The number of urea groups is 1. The fraction of sp³-hybridized carbons (Fsp3) is 0.304. The second-order valence-corrected chi connectivity index (χ2v) is 8.00. The molecule has 0 spiro atoms. The van der Waals surface area contributed by atoms with E-state index >= 15 is 0 Å². The molecule has 0 aliphatic heterocycles. The van der Waals surface area contributed by atoms with Crippen molar-refractivity contribution >= 4 is 34.2 Å². The number of nitrogens with zero attached hydrogens (tertiary/aromatic N) is 2. The quantitative estimate of drug-likeness (QED) is 0.578. The van der Waals surface area contributed by atoms with Crippen LogP contribution in [0, 0.1) is 20.8 Å². The van der Waals surface area contributed by atoms with Gasteiger partial charge in [-0.15, -0.1) is 0 Å². The molecule has 0 unspecified atom stereocenters. The first-order chi connectivity index (χ1) is 13.4. The third kappa shape index (κ3) is 3.69. The van der Waals surface area contributed by atoms with E-state index in [1.54, 1.807) is 0 Å². The number of hydrogen-bond donors (Lipinski definition) is 1. The van der Waals surface area contributed by atoms with Crippen LogP contribution in [0.15, 0.2) is 42.5 Å². The molecule has 0 bridgehead atoms. The molecular weight excluding hydrogens is 370 g/mol. The number of benzene rings is 2. The predicted octanol–water partition coefficient (Wildman–Crippen LogP) is 5.69. The number of carbonyl (C=O) groups excluding carboxylic acids is 1. The van der Waals surface area contributed by atoms with E-state index in [-0.39, 0.29) is 12.1 Å². The van der Waals surface area contributed by atoms with Crippen LogP contribution in [-0.4, -0.2) is 17.1 Å². The maximum atomic E-state index is 13.0. The second kappa shape index (κ2) is 7.44. The Morgan fingerprint density at radius 2 is 1.89 bits per heavy atom. The van der Waals surface area contributed by atoms with Gasteiger partial charge in [-0.2, -0.15) is 0 Å². The number of rotatable bonds is 4. The van der Waals surface area contributed by atoms with Gasteiger partial charge >= 0.3 is 6.03 Å². The summed E-state index contributed by atoms with van der Waals surface area (Å²) in [5.74, 6) is 0. The van der Waals surface area contributed by atoms with E-state index < -0.39 is 0 Å². The lowest BCUT2D eigenvalue weighted by Crippen LogP contribution is -2.41. The molecule has 144 valence electrons. The molecular formula is C23H24ClN3O. The molecule has 0 radical (unpaired) electrons. The number of aromatic nitrogens is 1. The van der Waals surface area contributed by atoms with Crippen molar-refractivity contribution in [3.63, 3.8) is 0 Å². The van der Waals surface area contributed by atoms with E-state index in [9.17, 15) is 4.79 Å². The third-order valence-corrected chi connectivity index (χ3v) is 5.54. The zero-order valence-corrected chi connectivity index (χ0v) is 17.2. The Morgan fingerprint density at radius 3 is 2.61 bits per heavy atom. The third-order valence-electron chi connectivity index (χ3n) is 5.21. The van der Waals surface area contributed by atoms with Gasteiger partial charge in [0, 0.05) is 29.2 Å². The Balaban J connectivity index is 1.57. The number of fused-ring (bicyclic) bond motifs is 1. The van der Waals surface area contributed by atoms with Gasteiger partial charge in [-0.25, -0.2) is 9.78 Å². The van der Waals surface area contributed by atoms with Crippen molar-refractivity contribution in [1.29, 1.82) is 0 Å². The number of nitrogens with one attached hydrogen (secondary N) is 1. The molecule has 0 atom stereocenters. The van der Waals surface area contributed by atoms with Gasteiger partial charge in [-0.3, -0.25) is 4.90 Å². The van der Waals surface area contributed by atoms with E-state index in [1.807, 2.05) is 49.1 Å². The molecule has 2 aromatic carbocycles. The Kier molecular flexibility index (Phi) is 4.98. The molecule has 5 heteroatoms. The van der Waals surface area contributed by atoms with Crippen LogP contribution in [0.25, 0.3) is 10.9 Å². The summed E-state index contributed by atoms with van der Waals surface area (Å²) in [5.41, 5.74) is 6.09. The molecule has 1 fully saturated rings. The minimum absolute atomic E-state index is 0.0895. The lowest BCUT2D eigenvalue weighted by molar-refractivity contribution is 0.245. The summed E-state index contributed by atoms with van der Waals surface area (Å²) in [6.45, 7) is 6.49. The molecule has 28 heavy (non-hydrogen) atoms. The molecule has 1 aliphatic carbocycles. The average Bonchev–Trinajstić information content (AvgIpc) is 3.47. The molecule has 1 aliphatic rings. The van der Waals surface area contributed by atoms with Crippen molar-refractivity contribution in [2.45, 2.75) is 46.2 Å². The molecule has 0 saturated heterocycles. The van der Waals surface area contributed by atoms with Crippen LogP contribution >= 0.6 is 11.6 Å². The Morgan fingerprint density at radius 1 is 1.14 bits per heavy atom. The van der Waals surface area contributed by atoms with Crippen LogP contribution in [0.1, 0.15) is 35.1 Å². The SMILES string of the molecule is Cc1cc(C)c2nc(Cl)c(CNC(=O)N(c3ccccc3C)C3CC3)cc2c1. The summed E-state index contributed by atoms with van der Waals surface area (Å²) < 4.78 is 0. The number of amides is 2. The van der Waals surface area contributed by atoms with Crippen LogP contribution in [0.4, 0.5) is 10.5 Å². The first kappa shape index (κ1) is 18.8. The van der Waals surface area contributed by atoms with Crippen molar-refractivity contribution in [1.82, 2.24) is 10.3 Å². The molecule has 1 saturated carbocycles. The smallest absolute Gasteiger partial charge is 0.322 e. The Hall–Kier alpha value is -2.59. The minimum Gasteiger partial charge on any atom is -0.333 e. The van der Waals surface area contributed by atoms with E-state index in [0.717, 1.165) is 46.1 Å². The zero-order valence-electron chi connectivity index (χ0n) is 16.4. The molecule has 1 N–H and O–H groups in total. The fourth-order valence-electron chi connectivity index (χ4n) is 3.69. The van der Waals surface area contributed by atoms with Gasteiger partial charge in [0.15, 0.2) is 0 Å². The fourth-order valence-corrected chi connectivity index (χ4v) is 3.90. The van der Waals surface area contributed by atoms with Crippen LogP contribution in [0.2, 0.25) is 5.15 Å². The van der Waals surface area contributed by atoms with Gasteiger partial charge in [0.1, 0.15) is 5.15 Å². The van der Waals surface area contributed by atoms with Crippen molar-refractivity contribution < 1.29 is 4.79 Å². The molecule has 3 aromatic rings. The van der Waals surface area contributed by atoms with E-state index in [0.29, 0.717) is 11.7 Å². The van der Waals surface area contributed by atoms with Crippen LogP contribution in [-0.2, 0) is 6.54 Å². The Labute approximate surface area is 170 Å². The highest BCUT2D eigenvalue weighted by Crippen LogP contribution is 2.33. The van der Waals surface area contributed by atoms with Gasteiger partial charge in [-0.05, 0) is 62.9 Å². The van der Waals surface area contributed by atoms with Crippen molar-refractivity contribution in [3.05, 3.63) is 69.9 Å². The summed E-state index contributed by atoms with van der Waals surface area (Å²) >= 11 is 6.42. The highest BCUT2D eigenvalue weighted by atomic mass is 35.5. The number of para-hydroxylation sites is 1. The second-order valence-electron chi connectivity index (χ2n) is 7.64. The normalized spacial score (nSPS) is 13.6. The average molecular weight is 394 g/mol. The van der Waals surface area contributed by atoms with E-state index in [4.69, 9.17) is 11.6 Å². The number of anilines is 1. The zero-order chi connectivity index (χ0) is 19.8. The summed E-state index contributed by atoms with van der Waals surface area (Å²) in [7, 11) is 0. The molecule has 1 heterocycles. The molecule has 4 rings (SSSR count). The lowest BCUT2D eigenvalue weighted by atomic mass is 10.1. The summed E-state index contributed by atoms with van der Waals surface area (Å²) in [5, 5.41) is 4.53. The minimum atomic E-state index is -0.0895. The Bertz CT molecular complexity index is 1060. The highest BCUT2D eigenvalue weighted by molar-refractivity contribution is 6.30. The van der Waals surface area contributed by atoms with E-state index in [2.05, 4.69) is 29.4 Å². The number of carbonyl (C=O) groups is 1. The van der Waals surface area contributed by atoms with Crippen LogP contribution in [0.3, 0.4) is 0 Å². The number of hydrogen-bond acceptors (Lipinski definition) is 2. The standard InChI is InChI=1S/C23H24ClN3O/c1-14-10-16(3)21-17(11-14)12-18(22(24)26-21)13-25-23(28)27(19-8-9-19)20-7-5-4-6-15(20)2/h4-7,10-12,19H,8-9,13H2,1-3H3,(H,25,28). The maximum Gasteiger partial charge on any atom is 0.322 e. The predicted molar refractivity (Wildman–Crippen MR) is 115 cm³/mol. The molecule has 1 aromatic heterocycles. The van der Waals surface area contributed by atoms with Crippen molar-refractivity contribution in [2.75, 3.05) is 4.90 Å². The van der Waals surface area contributed by atoms with Gasteiger partial charge in [0.2, 0.25) is 0 Å². The van der Waals surface area contributed by atoms with Gasteiger partial charge in [0.05, 0.1) is 5.52 Å². The van der Waals surface area contributed by atoms with Crippen molar-refractivity contribution in [3.8, 4) is 0 Å². The summed E-state index contributed by atoms with van der Waals surface area (Å²) in [4.78, 5) is 19.4. The topological polar surface area (TPSA) is 45.2 Å². The highest BCUT2D eigenvalue weighted by Gasteiger charge is 2.34. The first-order valence-electron chi connectivity index (χ1n) is 9.63. The number of pyridine rings is 1. The van der Waals surface area contributed by atoms with Crippen molar-refractivity contribution in [2.24, 2.45) is 0 Å². The van der Waals surface area contributed by atoms with Gasteiger partial charge in [-0.1, -0.05) is 41.4 Å². The van der Waals surface area contributed by atoms with E-state index in [1.165, 1.54) is 5.56 Å². The first-order valence-corrected chi connectivity index (χ1v) is 10.0. The molecule has 4 nitrogen and oxygen atoms in total. The summed E-state index contributed by atoms with van der Waals surface area (Å²) in [6.07, 6.45) is 2.08. The number of halogens is 1. The monoisotopic (exact) mass is 393 g/mol. The molecule has 2 amide bonds. The van der Waals surface area contributed by atoms with Crippen LogP contribution < -0.4 is 10.2 Å². The van der Waals surface area contributed by atoms with Gasteiger partial charge < -0.3 is 5.32 Å². The maximum absolute atomic E-state index is 13.0.